The van der Waals surface area contributed by atoms with E-state index < -0.39 is 0 Å². The van der Waals surface area contributed by atoms with Gasteiger partial charge in [-0.15, -0.1) is 0 Å². The van der Waals surface area contributed by atoms with Gasteiger partial charge in [0.25, 0.3) is 0 Å². The second-order valence-corrected chi connectivity index (χ2v) is 6.94. The summed E-state index contributed by atoms with van der Waals surface area (Å²) in [7, 11) is 0. The molecular formula is C24H16N2. The molecular weight excluding hydrogens is 316 g/mol. The molecule has 0 amide bonds. The minimum absolute atomic E-state index is 1.12. The van der Waals surface area contributed by atoms with Gasteiger partial charge in [-0.1, -0.05) is 48.5 Å². The molecule has 0 spiro atoms. The molecule has 0 aliphatic heterocycles. The van der Waals surface area contributed by atoms with Crippen molar-refractivity contribution >= 4 is 43.4 Å². The van der Waals surface area contributed by atoms with Gasteiger partial charge < -0.3 is 9.97 Å². The Morgan fingerprint density at radius 1 is 0.385 bits per heavy atom. The molecule has 2 nitrogen and oxygen atoms in total. The molecule has 0 unspecified atom stereocenters. The van der Waals surface area contributed by atoms with E-state index in [-0.39, 0.29) is 0 Å². The third-order valence-electron chi connectivity index (χ3n) is 5.26. The zero-order valence-corrected chi connectivity index (χ0v) is 14.1. The van der Waals surface area contributed by atoms with Crippen molar-refractivity contribution in [3.63, 3.8) is 0 Å². The van der Waals surface area contributed by atoms with Gasteiger partial charge in [-0.3, -0.25) is 0 Å². The van der Waals surface area contributed by atoms with Gasteiger partial charge in [0.1, 0.15) is 0 Å². The quantitative estimate of drug-likeness (QED) is 0.339. The number of fused-ring (bicyclic) bond motifs is 4. The lowest BCUT2D eigenvalue weighted by Crippen LogP contribution is -1.76. The highest BCUT2D eigenvalue weighted by molar-refractivity contribution is 6.01. The lowest BCUT2D eigenvalue weighted by atomic mass is 10.1. The molecule has 26 heavy (non-hydrogen) atoms. The molecule has 6 aromatic rings. The first kappa shape index (κ1) is 13.7. The topological polar surface area (TPSA) is 31.6 Å². The van der Waals surface area contributed by atoms with Gasteiger partial charge in [0.15, 0.2) is 0 Å². The minimum atomic E-state index is 1.12. The number of nitrogens with one attached hydrogen (secondary N) is 2. The molecule has 0 atom stereocenters. The second kappa shape index (κ2) is 4.99. The fraction of sp³-hybridized carbons (Fsp3) is 0. The van der Waals surface area contributed by atoms with E-state index in [0.29, 0.717) is 0 Å². The average Bonchev–Trinajstić information content (AvgIpc) is 3.27. The number of hydrogen-bond acceptors (Lipinski definition) is 0. The number of aromatic nitrogens is 2. The summed E-state index contributed by atoms with van der Waals surface area (Å²) >= 11 is 0. The summed E-state index contributed by atoms with van der Waals surface area (Å²) in [5.41, 5.74) is 4.58. The number of H-pyrrole nitrogens is 2. The first-order valence-corrected chi connectivity index (χ1v) is 8.87. The van der Waals surface area contributed by atoms with Crippen LogP contribution in [-0.4, -0.2) is 9.97 Å². The van der Waals surface area contributed by atoms with E-state index >= 15 is 0 Å². The van der Waals surface area contributed by atoms with Crippen LogP contribution in [0.4, 0.5) is 0 Å². The maximum atomic E-state index is 3.58. The van der Waals surface area contributed by atoms with Gasteiger partial charge >= 0.3 is 0 Å². The van der Waals surface area contributed by atoms with Gasteiger partial charge in [-0.05, 0) is 57.9 Å². The van der Waals surface area contributed by atoms with E-state index in [1.165, 1.54) is 43.4 Å². The van der Waals surface area contributed by atoms with Crippen molar-refractivity contribution in [3.05, 3.63) is 84.9 Å². The van der Waals surface area contributed by atoms with E-state index in [9.17, 15) is 0 Å². The maximum Gasteiger partial charge on any atom is 0.0630 e. The summed E-state index contributed by atoms with van der Waals surface area (Å²) in [5.74, 6) is 0. The number of benzene rings is 4. The molecule has 0 fully saturated rings. The fourth-order valence-corrected chi connectivity index (χ4v) is 3.93. The summed E-state index contributed by atoms with van der Waals surface area (Å²) in [6, 6.07) is 30.4. The van der Waals surface area contributed by atoms with Crippen molar-refractivity contribution in [2.24, 2.45) is 0 Å². The molecule has 0 aliphatic rings. The van der Waals surface area contributed by atoms with Crippen molar-refractivity contribution in [3.8, 4) is 11.4 Å². The van der Waals surface area contributed by atoms with Crippen LogP contribution in [0.1, 0.15) is 0 Å². The SMILES string of the molecule is c1ccc2cc3[nH]c(-c4cc5cc6ccccc6cc5[nH]4)cc3cc2c1. The third-order valence-corrected chi connectivity index (χ3v) is 5.26. The van der Waals surface area contributed by atoms with Gasteiger partial charge in [0, 0.05) is 21.8 Å². The van der Waals surface area contributed by atoms with Gasteiger partial charge in [-0.25, -0.2) is 0 Å². The van der Waals surface area contributed by atoms with E-state index in [4.69, 9.17) is 0 Å². The zero-order valence-electron chi connectivity index (χ0n) is 14.1. The van der Waals surface area contributed by atoms with Crippen molar-refractivity contribution in [2.75, 3.05) is 0 Å². The highest BCUT2D eigenvalue weighted by Crippen LogP contribution is 2.31. The van der Waals surface area contributed by atoms with Crippen LogP contribution in [0.3, 0.4) is 0 Å². The lowest BCUT2D eigenvalue weighted by molar-refractivity contribution is 1.38. The third kappa shape index (κ3) is 1.99. The average molecular weight is 332 g/mol. The monoisotopic (exact) mass is 332 g/mol. The molecule has 0 saturated carbocycles. The van der Waals surface area contributed by atoms with Crippen molar-refractivity contribution < 1.29 is 0 Å². The number of aromatic amines is 2. The summed E-state index contributed by atoms with van der Waals surface area (Å²) in [4.78, 5) is 7.15. The molecule has 0 bridgehead atoms. The molecule has 2 heterocycles. The Morgan fingerprint density at radius 3 is 1.19 bits per heavy atom. The van der Waals surface area contributed by atoms with E-state index in [0.717, 1.165) is 11.4 Å². The molecule has 122 valence electrons. The highest BCUT2D eigenvalue weighted by Gasteiger charge is 2.08. The molecule has 2 N–H and O–H groups in total. The first-order valence-electron chi connectivity index (χ1n) is 8.87. The number of hydrogen-bond donors (Lipinski definition) is 2. The predicted molar refractivity (Wildman–Crippen MR) is 111 cm³/mol. The summed E-state index contributed by atoms with van der Waals surface area (Å²) in [5, 5.41) is 7.54. The van der Waals surface area contributed by atoms with Crippen LogP contribution in [0, 0.1) is 0 Å². The normalized spacial score (nSPS) is 11.8. The summed E-state index contributed by atoms with van der Waals surface area (Å²) in [6.45, 7) is 0. The lowest BCUT2D eigenvalue weighted by Gasteiger charge is -1.97. The largest absolute Gasteiger partial charge is 0.353 e. The molecule has 0 saturated heterocycles. The Morgan fingerprint density at radius 2 is 0.769 bits per heavy atom. The summed E-state index contributed by atoms with van der Waals surface area (Å²) in [6.07, 6.45) is 0. The molecule has 0 aliphatic carbocycles. The van der Waals surface area contributed by atoms with Gasteiger partial charge in [0.2, 0.25) is 0 Å². The molecule has 2 heteroatoms. The van der Waals surface area contributed by atoms with Crippen LogP contribution >= 0.6 is 0 Å². The summed E-state index contributed by atoms with van der Waals surface area (Å²) < 4.78 is 0. The van der Waals surface area contributed by atoms with Crippen molar-refractivity contribution in [1.29, 1.82) is 0 Å². The first-order chi connectivity index (χ1) is 12.8. The molecule has 6 rings (SSSR count). The van der Waals surface area contributed by atoms with Crippen molar-refractivity contribution in [2.45, 2.75) is 0 Å². The van der Waals surface area contributed by atoms with Gasteiger partial charge in [-0.2, -0.15) is 0 Å². The van der Waals surface area contributed by atoms with Crippen LogP contribution in [0.5, 0.6) is 0 Å². The Hall–Kier alpha value is -3.52. The van der Waals surface area contributed by atoms with Crippen LogP contribution in [0.2, 0.25) is 0 Å². The maximum absolute atomic E-state index is 3.58. The highest BCUT2D eigenvalue weighted by atomic mass is 14.8. The van der Waals surface area contributed by atoms with E-state index in [2.05, 4.69) is 94.9 Å². The Bertz CT molecular complexity index is 1220. The van der Waals surface area contributed by atoms with E-state index in [1.54, 1.807) is 0 Å². The minimum Gasteiger partial charge on any atom is -0.353 e. The van der Waals surface area contributed by atoms with Crippen LogP contribution < -0.4 is 0 Å². The fourth-order valence-electron chi connectivity index (χ4n) is 3.93. The molecule has 4 aromatic carbocycles. The Balaban J connectivity index is 1.56. The van der Waals surface area contributed by atoms with Gasteiger partial charge in [0.05, 0.1) is 11.4 Å². The molecule has 2 aromatic heterocycles. The standard InChI is InChI=1S/C24H16N2/c1-3-7-17-11-21-19(9-15(17)5-1)13-23(25-21)24-14-20-10-16-6-2-4-8-18(16)12-22(20)26-24/h1-14,25-26H. The second-order valence-electron chi connectivity index (χ2n) is 6.94. The number of rotatable bonds is 1. The smallest absolute Gasteiger partial charge is 0.0630 e. The van der Waals surface area contributed by atoms with Crippen LogP contribution in [0.25, 0.3) is 54.7 Å². The van der Waals surface area contributed by atoms with E-state index in [1.807, 2.05) is 0 Å². The zero-order chi connectivity index (χ0) is 17.1. The molecule has 0 radical (unpaired) electrons. The predicted octanol–water partition coefficient (Wildman–Crippen LogP) is 6.62. The van der Waals surface area contributed by atoms with Crippen LogP contribution in [-0.2, 0) is 0 Å². The Labute approximate surface area is 150 Å². The Kier molecular flexibility index (Phi) is 2.64. The van der Waals surface area contributed by atoms with Crippen molar-refractivity contribution in [1.82, 2.24) is 9.97 Å². The van der Waals surface area contributed by atoms with Crippen LogP contribution in [0.15, 0.2) is 84.9 Å².